The van der Waals surface area contributed by atoms with Crippen LogP contribution in [0.1, 0.15) is 35.8 Å². The monoisotopic (exact) mass is 299 g/mol. The van der Waals surface area contributed by atoms with Crippen LogP contribution in [0.2, 0.25) is 0 Å². The van der Waals surface area contributed by atoms with Gasteiger partial charge in [0.15, 0.2) is 0 Å². The van der Waals surface area contributed by atoms with Crippen LogP contribution in [0.15, 0.2) is 35.5 Å². The Bertz CT molecular complexity index is 754. The average molecular weight is 299 g/mol. The molecule has 0 radical (unpaired) electrons. The fourth-order valence-electron chi connectivity index (χ4n) is 2.57. The van der Waals surface area contributed by atoms with Crippen LogP contribution in [0.25, 0.3) is 0 Å². The summed E-state index contributed by atoms with van der Waals surface area (Å²) in [6.07, 6.45) is 7.91. The molecule has 2 aromatic heterocycles. The number of hydrogen-bond acceptors (Lipinski definition) is 2. The minimum atomic E-state index is -0.224. The smallest absolute Gasteiger partial charge is 0.257 e. The van der Waals surface area contributed by atoms with Gasteiger partial charge in [0.2, 0.25) is 5.43 Å². The number of hydrogen-bond donors (Lipinski definition) is 1. The molecule has 116 valence electrons. The van der Waals surface area contributed by atoms with Gasteiger partial charge in [0.1, 0.15) is 5.69 Å². The number of anilines is 1. The van der Waals surface area contributed by atoms with Gasteiger partial charge < -0.3 is 14.5 Å². The predicted octanol–water partition coefficient (Wildman–Crippen LogP) is 2.64. The van der Waals surface area contributed by atoms with Crippen molar-refractivity contribution in [3.05, 3.63) is 52.2 Å². The summed E-state index contributed by atoms with van der Waals surface area (Å²) >= 11 is 0. The lowest BCUT2D eigenvalue weighted by Crippen LogP contribution is -2.20. The number of aromatic nitrogens is 2. The molecule has 1 aliphatic rings. The number of carbonyl (C=O) groups excluding carboxylic acids is 1. The number of aryl methyl sites for hydroxylation is 1. The third kappa shape index (κ3) is 2.98. The third-order valence-corrected chi connectivity index (χ3v) is 4.23. The Kier molecular flexibility index (Phi) is 3.88. The van der Waals surface area contributed by atoms with Crippen LogP contribution in [0.4, 0.5) is 5.69 Å². The molecule has 1 aliphatic carbocycles. The van der Waals surface area contributed by atoms with E-state index in [1.807, 2.05) is 30.7 Å². The molecule has 0 bridgehead atoms. The molecule has 0 unspecified atom stereocenters. The minimum Gasteiger partial charge on any atom is -0.352 e. The van der Waals surface area contributed by atoms with Gasteiger partial charge in [-0.1, -0.05) is 0 Å². The van der Waals surface area contributed by atoms with Gasteiger partial charge in [0.25, 0.3) is 5.91 Å². The molecule has 1 saturated carbocycles. The van der Waals surface area contributed by atoms with Crippen LogP contribution >= 0.6 is 0 Å². The van der Waals surface area contributed by atoms with Crippen molar-refractivity contribution in [2.24, 2.45) is 5.92 Å². The summed E-state index contributed by atoms with van der Waals surface area (Å²) in [7, 11) is 0. The minimum absolute atomic E-state index is 0.173. The second-order valence-electron chi connectivity index (χ2n) is 5.92. The first kappa shape index (κ1) is 14.6. The van der Waals surface area contributed by atoms with Gasteiger partial charge in [0.05, 0.1) is 5.56 Å². The summed E-state index contributed by atoms with van der Waals surface area (Å²) in [4.78, 5) is 24.3. The van der Waals surface area contributed by atoms with Crippen LogP contribution in [0, 0.1) is 12.8 Å². The number of pyridine rings is 1. The molecule has 1 amide bonds. The molecule has 1 N–H and O–H groups in total. The van der Waals surface area contributed by atoms with E-state index in [-0.39, 0.29) is 11.3 Å². The second kappa shape index (κ2) is 5.83. The number of amides is 1. The lowest BCUT2D eigenvalue weighted by molar-refractivity contribution is 0.102. The molecular formula is C17H21N3O2. The first-order valence-electron chi connectivity index (χ1n) is 7.75. The van der Waals surface area contributed by atoms with Crippen molar-refractivity contribution in [2.45, 2.75) is 39.8 Å². The first-order chi connectivity index (χ1) is 10.6. The molecule has 2 aromatic rings. The Morgan fingerprint density at radius 2 is 2.09 bits per heavy atom. The summed E-state index contributed by atoms with van der Waals surface area (Å²) in [5.74, 6) is 0.533. The molecule has 22 heavy (non-hydrogen) atoms. The van der Waals surface area contributed by atoms with Crippen molar-refractivity contribution in [3.8, 4) is 0 Å². The summed E-state index contributed by atoms with van der Waals surface area (Å²) in [5, 5.41) is 2.74. The normalized spacial score (nSPS) is 14.1. The van der Waals surface area contributed by atoms with E-state index in [4.69, 9.17) is 0 Å². The van der Waals surface area contributed by atoms with E-state index in [1.54, 1.807) is 12.4 Å². The zero-order chi connectivity index (χ0) is 15.7. The highest BCUT2D eigenvalue weighted by molar-refractivity contribution is 6.05. The lowest BCUT2D eigenvalue weighted by Gasteiger charge is -2.09. The molecule has 0 atom stereocenters. The standard InChI is InChI=1S/C17H21N3O2/c1-3-19-8-7-16(21)15(11-19)18-17(22)14-6-9-20(12(14)2)10-13-4-5-13/h6-9,11,13H,3-5,10H2,1-2H3,(H,18,22). The fraction of sp³-hybridized carbons (Fsp3) is 0.412. The molecular weight excluding hydrogens is 278 g/mol. The quantitative estimate of drug-likeness (QED) is 0.922. The highest BCUT2D eigenvalue weighted by Gasteiger charge is 2.23. The van der Waals surface area contributed by atoms with Crippen molar-refractivity contribution >= 4 is 11.6 Å². The van der Waals surface area contributed by atoms with Gasteiger partial charge in [-0.25, -0.2) is 0 Å². The molecule has 5 heteroatoms. The Labute approximate surface area is 129 Å². The van der Waals surface area contributed by atoms with E-state index in [0.717, 1.165) is 24.7 Å². The molecule has 0 spiro atoms. The molecule has 0 aromatic carbocycles. The molecule has 5 nitrogen and oxygen atoms in total. The zero-order valence-corrected chi connectivity index (χ0v) is 13.0. The second-order valence-corrected chi connectivity index (χ2v) is 5.92. The van der Waals surface area contributed by atoms with E-state index < -0.39 is 0 Å². The molecule has 0 aliphatic heterocycles. The highest BCUT2D eigenvalue weighted by atomic mass is 16.2. The van der Waals surface area contributed by atoms with E-state index in [1.165, 1.54) is 18.9 Å². The molecule has 0 saturated heterocycles. The van der Waals surface area contributed by atoms with Crippen LogP contribution in [0.5, 0.6) is 0 Å². The summed E-state index contributed by atoms with van der Waals surface area (Å²) in [5.41, 5.74) is 1.74. The Morgan fingerprint density at radius 1 is 1.32 bits per heavy atom. The number of nitrogens with one attached hydrogen (secondary N) is 1. The Balaban J connectivity index is 1.79. The maximum Gasteiger partial charge on any atom is 0.257 e. The summed E-state index contributed by atoms with van der Waals surface area (Å²) in [6.45, 7) is 5.66. The van der Waals surface area contributed by atoms with Crippen molar-refractivity contribution in [2.75, 3.05) is 5.32 Å². The number of carbonyl (C=O) groups is 1. The molecule has 3 rings (SSSR count). The van der Waals surface area contributed by atoms with Crippen molar-refractivity contribution in [1.82, 2.24) is 9.13 Å². The van der Waals surface area contributed by atoms with Crippen molar-refractivity contribution < 1.29 is 4.79 Å². The largest absolute Gasteiger partial charge is 0.352 e. The van der Waals surface area contributed by atoms with Gasteiger partial charge in [-0.05, 0) is 38.7 Å². The van der Waals surface area contributed by atoms with Gasteiger partial charge in [-0.2, -0.15) is 0 Å². The zero-order valence-electron chi connectivity index (χ0n) is 13.0. The maximum atomic E-state index is 12.4. The number of nitrogens with zero attached hydrogens (tertiary/aromatic N) is 2. The maximum absolute atomic E-state index is 12.4. The average Bonchev–Trinajstić information content (AvgIpc) is 3.25. The Morgan fingerprint density at radius 3 is 2.77 bits per heavy atom. The molecule has 2 heterocycles. The highest BCUT2D eigenvalue weighted by Crippen LogP contribution is 2.31. The van der Waals surface area contributed by atoms with Gasteiger partial charge >= 0.3 is 0 Å². The van der Waals surface area contributed by atoms with Crippen molar-refractivity contribution in [1.29, 1.82) is 0 Å². The van der Waals surface area contributed by atoms with E-state index in [2.05, 4.69) is 9.88 Å². The van der Waals surface area contributed by atoms with Crippen molar-refractivity contribution in [3.63, 3.8) is 0 Å². The first-order valence-corrected chi connectivity index (χ1v) is 7.75. The predicted molar refractivity (Wildman–Crippen MR) is 86.2 cm³/mol. The van der Waals surface area contributed by atoms with Crippen LogP contribution in [0.3, 0.4) is 0 Å². The third-order valence-electron chi connectivity index (χ3n) is 4.23. The fourth-order valence-corrected chi connectivity index (χ4v) is 2.57. The molecule has 1 fully saturated rings. The van der Waals surface area contributed by atoms with Gasteiger partial charge in [-0.15, -0.1) is 0 Å². The van der Waals surface area contributed by atoms with Crippen LogP contribution in [-0.4, -0.2) is 15.0 Å². The van der Waals surface area contributed by atoms with E-state index in [0.29, 0.717) is 11.3 Å². The Hall–Kier alpha value is -2.30. The summed E-state index contributed by atoms with van der Waals surface area (Å²) in [6, 6.07) is 3.30. The lowest BCUT2D eigenvalue weighted by atomic mass is 10.2. The van der Waals surface area contributed by atoms with Gasteiger partial charge in [-0.3, -0.25) is 9.59 Å². The number of rotatable bonds is 5. The van der Waals surface area contributed by atoms with E-state index in [9.17, 15) is 9.59 Å². The summed E-state index contributed by atoms with van der Waals surface area (Å²) < 4.78 is 3.99. The topological polar surface area (TPSA) is 56.0 Å². The van der Waals surface area contributed by atoms with Crippen LogP contribution < -0.4 is 10.7 Å². The van der Waals surface area contributed by atoms with E-state index >= 15 is 0 Å². The van der Waals surface area contributed by atoms with Gasteiger partial charge in [0, 0.05) is 43.4 Å². The SMILES string of the molecule is CCn1ccc(=O)c(NC(=O)c2ccn(CC3CC3)c2C)c1. The van der Waals surface area contributed by atoms with Crippen LogP contribution in [-0.2, 0) is 13.1 Å².